The number of hydrogen-bond donors (Lipinski definition) is 2. The Kier molecular flexibility index (Phi) is 5.46. The quantitative estimate of drug-likeness (QED) is 0.817. The molecule has 1 aliphatic heterocycles. The molecule has 0 aliphatic carbocycles. The first-order valence-electron chi connectivity index (χ1n) is 7.40. The molecule has 1 atom stereocenters. The number of amides is 2. The van der Waals surface area contributed by atoms with Crippen LogP contribution in [0.3, 0.4) is 0 Å². The molecule has 7 nitrogen and oxygen atoms in total. The highest BCUT2D eigenvalue weighted by Crippen LogP contribution is 2.13. The lowest BCUT2D eigenvalue weighted by Gasteiger charge is -2.23. The number of carbonyl (C=O) groups is 3. The second-order valence-corrected chi connectivity index (χ2v) is 5.43. The topological polar surface area (TPSA) is 99.1 Å². The Hall–Kier alpha value is -2.70. The van der Waals surface area contributed by atoms with Gasteiger partial charge in [-0.15, -0.1) is 0 Å². The van der Waals surface area contributed by atoms with Crippen LogP contribution in [0.25, 0.3) is 0 Å². The fourth-order valence-electron chi connectivity index (χ4n) is 2.08. The third-order valence-electron chi connectivity index (χ3n) is 3.53. The molecule has 0 saturated heterocycles. The van der Waals surface area contributed by atoms with Gasteiger partial charge in [0.05, 0.1) is 12.5 Å². The van der Waals surface area contributed by atoms with Gasteiger partial charge in [0.1, 0.15) is 5.71 Å². The van der Waals surface area contributed by atoms with Crippen LogP contribution >= 0.6 is 0 Å². The molecule has 1 heterocycles. The molecule has 23 heavy (non-hydrogen) atoms. The second-order valence-electron chi connectivity index (χ2n) is 5.43. The van der Waals surface area contributed by atoms with E-state index in [0.29, 0.717) is 6.54 Å². The van der Waals surface area contributed by atoms with E-state index in [1.165, 1.54) is 11.9 Å². The Morgan fingerprint density at radius 1 is 1.30 bits per heavy atom. The number of carbonyl (C=O) groups excluding carboxylic acids is 2. The van der Waals surface area contributed by atoms with Crippen molar-refractivity contribution in [3.8, 4) is 0 Å². The molecular weight excluding hydrogens is 298 g/mol. The van der Waals surface area contributed by atoms with Crippen LogP contribution in [0.1, 0.15) is 25.3 Å². The van der Waals surface area contributed by atoms with Gasteiger partial charge in [0.15, 0.2) is 0 Å². The second kappa shape index (κ2) is 7.53. The SMILES string of the molecule is CC(CNC(=O)C1=NN(Cc2ccccc2)C(=O)CC1)C(=O)O. The highest BCUT2D eigenvalue weighted by molar-refractivity contribution is 6.39. The lowest BCUT2D eigenvalue weighted by atomic mass is 10.1. The van der Waals surface area contributed by atoms with Gasteiger partial charge in [-0.2, -0.15) is 5.10 Å². The molecular formula is C16H19N3O4. The molecule has 0 spiro atoms. The standard InChI is InChI=1S/C16H19N3O4/c1-11(16(22)23)9-17-15(21)13-7-8-14(20)19(18-13)10-12-5-3-2-4-6-12/h2-6,11H,7-10H2,1H3,(H,17,21)(H,22,23). The van der Waals surface area contributed by atoms with Crippen molar-refractivity contribution in [2.75, 3.05) is 6.54 Å². The number of benzene rings is 1. The largest absolute Gasteiger partial charge is 0.481 e. The van der Waals surface area contributed by atoms with Crippen LogP contribution in [0.5, 0.6) is 0 Å². The minimum atomic E-state index is -0.975. The monoisotopic (exact) mass is 317 g/mol. The number of rotatable bonds is 6. The summed E-state index contributed by atoms with van der Waals surface area (Å²) in [5, 5.41) is 16.8. The Morgan fingerprint density at radius 2 is 2.00 bits per heavy atom. The summed E-state index contributed by atoms with van der Waals surface area (Å²) in [5.74, 6) is -2.21. The number of hydrazone groups is 1. The van der Waals surface area contributed by atoms with E-state index >= 15 is 0 Å². The van der Waals surface area contributed by atoms with Gasteiger partial charge in [-0.1, -0.05) is 37.3 Å². The summed E-state index contributed by atoms with van der Waals surface area (Å²) in [5.41, 5.74) is 1.17. The lowest BCUT2D eigenvalue weighted by Crippen LogP contribution is -2.40. The van der Waals surface area contributed by atoms with Gasteiger partial charge in [-0.3, -0.25) is 14.4 Å². The molecule has 1 unspecified atom stereocenters. The fraction of sp³-hybridized carbons (Fsp3) is 0.375. The number of nitrogens with one attached hydrogen (secondary N) is 1. The van der Waals surface area contributed by atoms with Crippen LogP contribution in [0.4, 0.5) is 0 Å². The van der Waals surface area contributed by atoms with Crippen molar-refractivity contribution in [2.24, 2.45) is 11.0 Å². The first-order chi connectivity index (χ1) is 11.0. The van der Waals surface area contributed by atoms with Gasteiger partial charge in [-0.25, -0.2) is 5.01 Å². The molecule has 1 aromatic rings. The van der Waals surface area contributed by atoms with Crippen molar-refractivity contribution in [3.05, 3.63) is 35.9 Å². The minimum Gasteiger partial charge on any atom is -0.481 e. The van der Waals surface area contributed by atoms with E-state index in [2.05, 4.69) is 10.4 Å². The van der Waals surface area contributed by atoms with Gasteiger partial charge >= 0.3 is 5.97 Å². The maximum atomic E-state index is 12.1. The number of hydrogen-bond acceptors (Lipinski definition) is 4. The zero-order valence-corrected chi connectivity index (χ0v) is 12.9. The zero-order valence-electron chi connectivity index (χ0n) is 12.9. The van der Waals surface area contributed by atoms with E-state index in [-0.39, 0.29) is 31.0 Å². The molecule has 2 amide bonds. The molecule has 2 N–H and O–H groups in total. The maximum Gasteiger partial charge on any atom is 0.308 e. The van der Waals surface area contributed by atoms with Crippen LogP contribution in [0, 0.1) is 5.92 Å². The molecule has 0 saturated carbocycles. The number of carboxylic acids is 1. The van der Waals surface area contributed by atoms with E-state index < -0.39 is 17.8 Å². The van der Waals surface area contributed by atoms with Gasteiger partial charge in [-0.05, 0) is 5.56 Å². The van der Waals surface area contributed by atoms with Crippen LogP contribution < -0.4 is 5.32 Å². The van der Waals surface area contributed by atoms with Crippen molar-refractivity contribution >= 4 is 23.5 Å². The number of nitrogens with zero attached hydrogens (tertiary/aromatic N) is 2. The summed E-state index contributed by atoms with van der Waals surface area (Å²) in [6.45, 7) is 1.85. The first kappa shape index (κ1) is 16.7. The van der Waals surface area contributed by atoms with Crippen molar-refractivity contribution in [2.45, 2.75) is 26.3 Å². The third kappa shape index (κ3) is 4.64. The Balaban J connectivity index is 2.01. The predicted octanol–water partition coefficient (Wildman–Crippen LogP) is 1.00. The van der Waals surface area contributed by atoms with E-state index in [1.54, 1.807) is 0 Å². The Labute approximate surface area is 134 Å². The molecule has 0 bridgehead atoms. The van der Waals surface area contributed by atoms with Crippen LogP contribution in [-0.2, 0) is 20.9 Å². The van der Waals surface area contributed by atoms with Crippen LogP contribution in [0.15, 0.2) is 35.4 Å². The smallest absolute Gasteiger partial charge is 0.308 e. The first-order valence-corrected chi connectivity index (χ1v) is 7.40. The van der Waals surface area contributed by atoms with Crippen LogP contribution in [0.2, 0.25) is 0 Å². The highest BCUT2D eigenvalue weighted by Gasteiger charge is 2.25. The summed E-state index contributed by atoms with van der Waals surface area (Å²) >= 11 is 0. The van der Waals surface area contributed by atoms with E-state index in [4.69, 9.17) is 5.11 Å². The van der Waals surface area contributed by atoms with Gasteiger partial charge in [0, 0.05) is 19.4 Å². The molecule has 1 aromatic carbocycles. The van der Waals surface area contributed by atoms with E-state index in [0.717, 1.165) is 5.56 Å². The fourth-order valence-corrected chi connectivity index (χ4v) is 2.08. The third-order valence-corrected chi connectivity index (χ3v) is 3.53. The lowest BCUT2D eigenvalue weighted by molar-refractivity contribution is -0.141. The molecule has 1 aliphatic rings. The summed E-state index contributed by atoms with van der Waals surface area (Å²) in [6, 6.07) is 9.38. The molecule has 0 radical (unpaired) electrons. The summed E-state index contributed by atoms with van der Waals surface area (Å²) in [6.07, 6.45) is 0.477. The molecule has 0 aromatic heterocycles. The number of aliphatic carboxylic acids is 1. The Bertz CT molecular complexity index is 627. The maximum absolute atomic E-state index is 12.1. The van der Waals surface area contributed by atoms with Crippen LogP contribution in [-0.4, -0.2) is 40.2 Å². The summed E-state index contributed by atoms with van der Waals surface area (Å²) < 4.78 is 0. The predicted molar refractivity (Wildman–Crippen MR) is 83.5 cm³/mol. The Morgan fingerprint density at radius 3 is 2.65 bits per heavy atom. The van der Waals surface area contributed by atoms with Crippen molar-refractivity contribution in [1.29, 1.82) is 0 Å². The van der Waals surface area contributed by atoms with Crippen molar-refractivity contribution in [3.63, 3.8) is 0 Å². The number of carboxylic acid groups (broad SMARTS) is 1. The van der Waals surface area contributed by atoms with Gasteiger partial charge in [0.2, 0.25) is 5.91 Å². The summed E-state index contributed by atoms with van der Waals surface area (Å²) in [4.78, 5) is 34.7. The molecule has 7 heteroatoms. The van der Waals surface area contributed by atoms with E-state index in [1.807, 2.05) is 30.3 Å². The zero-order chi connectivity index (χ0) is 16.8. The highest BCUT2D eigenvalue weighted by atomic mass is 16.4. The molecule has 2 rings (SSSR count). The van der Waals surface area contributed by atoms with E-state index in [9.17, 15) is 14.4 Å². The molecule has 0 fully saturated rings. The molecule has 122 valence electrons. The minimum absolute atomic E-state index is 0.0276. The average molecular weight is 317 g/mol. The van der Waals surface area contributed by atoms with Crippen molar-refractivity contribution in [1.82, 2.24) is 10.3 Å². The normalized spacial score (nSPS) is 15.8. The van der Waals surface area contributed by atoms with Crippen molar-refractivity contribution < 1.29 is 19.5 Å². The average Bonchev–Trinajstić information content (AvgIpc) is 2.55. The van der Waals surface area contributed by atoms with Gasteiger partial charge < -0.3 is 10.4 Å². The van der Waals surface area contributed by atoms with Gasteiger partial charge in [0.25, 0.3) is 5.91 Å². The summed E-state index contributed by atoms with van der Waals surface area (Å²) in [7, 11) is 0.